The van der Waals surface area contributed by atoms with Gasteiger partial charge in [0.2, 0.25) is 11.8 Å². The summed E-state index contributed by atoms with van der Waals surface area (Å²) in [5, 5.41) is 5.73. The van der Waals surface area contributed by atoms with E-state index in [4.69, 9.17) is 0 Å². The average molecular weight is 322 g/mol. The van der Waals surface area contributed by atoms with Crippen LogP contribution >= 0.6 is 0 Å². The molecular weight excluding hydrogens is 300 g/mol. The molecular formula is C20H22N2O2. The molecule has 1 aliphatic carbocycles. The standard InChI is InChI=1S/C20H22N2O2/c23-19(13-15-7-2-1-3-8-15)21-14-20(24)22-18-12-6-10-16-9-4-5-11-17(16)18/h1-5,7-9,11,18H,6,10,12-14H2,(H,21,23)(H,22,24)/t18-/m1/s1. The SMILES string of the molecule is O=C(Cc1ccccc1)NCC(=O)N[C@@H]1CCCc2ccccc21. The fraction of sp³-hybridized carbons (Fsp3) is 0.300. The Morgan fingerprint density at radius 1 is 0.958 bits per heavy atom. The van der Waals surface area contributed by atoms with Crippen molar-refractivity contribution in [1.82, 2.24) is 10.6 Å². The second kappa shape index (κ2) is 7.77. The van der Waals surface area contributed by atoms with Crippen molar-refractivity contribution in [2.75, 3.05) is 6.54 Å². The van der Waals surface area contributed by atoms with E-state index in [-0.39, 0.29) is 24.4 Å². The molecule has 0 bridgehead atoms. The van der Waals surface area contributed by atoms with Crippen LogP contribution in [0.2, 0.25) is 0 Å². The Hall–Kier alpha value is -2.62. The van der Waals surface area contributed by atoms with Crippen LogP contribution in [0.5, 0.6) is 0 Å². The van der Waals surface area contributed by atoms with Gasteiger partial charge in [-0.25, -0.2) is 0 Å². The van der Waals surface area contributed by atoms with Crippen LogP contribution in [0.25, 0.3) is 0 Å². The van der Waals surface area contributed by atoms with Crippen molar-refractivity contribution in [3.8, 4) is 0 Å². The molecule has 2 aromatic carbocycles. The van der Waals surface area contributed by atoms with Gasteiger partial charge in [0.25, 0.3) is 0 Å². The fourth-order valence-electron chi connectivity index (χ4n) is 3.17. The molecule has 0 saturated carbocycles. The van der Waals surface area contributed by atoms with Crippen molar-refractivity contribution < 1.29 is 9.59 Å². The quantitative estimate of drug-likeness (QED) is 0.889. The molecule has 2 amide bonds. The highest BCUT2D eigenvalue weighted by atomic mass is 16.2. The van der Waals surface area contributed by atoms with E-state index in [2.05, 4.69) is 22.8 Å². The van der Waals surface area contributed by atoms with Gasteiger partial charge in [-0.15, -0.1) is 0 Å². The normalized spacial score (nSPS) is 16.1. The number of benzene rings is 2. The van der Waals surface area contributed by atoms with E-state index < -0.39 is 0 Å². The zero-order chi connectivity index (χ0) is 16.8. The van der Waals surface area contributed by atoms with Crippen molar-refractivity contribution in [1.29, 1.82) is 0 Å². The Bertz CT molecular complexity index is 713. The highest BCUT2D eigenvalue weighted by Gasteiger charge is 2.21. The molecule has 3 rings (SSSR count). The summed E-state index contributed by atoms with van der Waals surface area (Å²) in [5.74, 6) is -0.279. The third-order valence-electron chi connectivity index (χ3n) is 4.36. The molecule has 24 heavy (non-hydrogen) atoms. The smallest absolute Gasteiger partial charge is 0.239 e. The molecule has 0 saturated heterocycles. The van der Waals surface area contributed by atoms with Gasteiger partial charge < -0.3 is 10.6 Å². The summed E-state index contributed by atoms with van der Waals surface area (Å²) in [5.41, 5.74) is 3.45. The lowest BCUT2D eigenvalue weighted by molar-refractivity contribution is -0.126. The second-order valence-electron chi connectivity index (χ2n) is 6.15. The first-order valence-electron chi connectivity index (χ1n) is 8.40. The molecule has 4 heteroatoms. The maximum absolute atomic E-state index is 12.2. The Morgan fingerprint density at radius 2 is 1.71 bits per heavy atom. The Balaban J connectivity index is 1.49. The van der Waals surface area contributed by atoms with Gasteiger partial charge >= 0.3 is 0 Å². The molecule has 0 heterocycles. The van der Waals surface area contributed by atoms with Gasteiger partial charge in [0.15, 0.2) is 0 Å². The van der Waals surface area contributed by atoms with Crippen LogP contribution in [0.4, 0.5) is 0 Å². The van der Waals surface area contributed by atoms with Gasteiger partial charge in [-0.2, -0.15) is 0 Å². The van der Waals surface area contributed by atoms with Crippen molar-refractivity contribution in [3.63, 3.8) is 0 Å². The lowest BCUT2D eigenvalue weighted by Gasteiger charge is -2.26. The minimum absolute atomic E-state index is 0.0182. The topological polar surface area (TPSA) is 58.2 Å². The van der Waals surface area contributed by atoms with Gasteiger partial charge in [0.1, 0.15) is 0 Å². The lowest BCUT2D eigenvalue weighted by Crippen LogP contribution is -2.40. The highest BCUT2D eigenvalue weighted by molar-refractivity contribution is 5.85. The Morgan fingerprint density at radius 3 is 2.54 bits per heavy atom. The van der Waals surface area contributed by atoms with Crippen LogP contribution in [0.3, 0.4) is 0 Å². The Kier molecular flexibility index (Phi) is 5.26. The maximum atomic E-state index is 12.2. The molecule has 2 aromatic rings. The van der Waals surface area contributed by atoms with Crippen molar-refractivity contribution >= 4 is 11.8 Å². The molecule has 1 atom stereocenters. The third kappa shape index (κ3) is 4.22. The molecule has 0 unspecified atom stereocenters. The van der Waals surface area contributed by atoms with E-state index >= 15 is 0 Å². The first kappa shape index (κ1) is 16.2. The van der Waals surface area contributed by atoms with E-state index in [1.165, 1.54) is 11.1 Å². The van der Waals surface area contributed by atoms with Crippen LogP contribution in [0.1, 0.15) is 35.6 Å². The molecule has 4 nitrogen and oxygen atoms in total. The van der Waals surface area contributed by atoms with Crippen molar-refractivity contribution in [3.05, 3.63) is 71.3 Å². The first-order chi connectivity index (χ1) is 11.7. The number of carbonyl (C=O) groups is 2. The molecule has 0 spiro atoms. The number of carbonyl (C=O) groups excluding carboxylic acids is 2. The third-order valence-corrected chi connectivity index (χ3v) is 4.36. The minimum Gasteiger partial charge on any atom is -0.348 e. The van der Waals surface area contributed by atoms with Gasteiger partial charge in [0, 0.05) is 0 Å². The summed E-state index contributed by atoms with van der Waals surface area (Å²) in [4.78, 5) is 24.1. The number of amides is 2. The molecule has 0 aromatic heterocycles. The van der Waals surface area contributed by atoms with E-state index in [1.807, 2.05) is 42.5 Å². The van der Waals surface area contributed by atoms with E-state index in [1.54, 1.807) is 0 Å². The summed E-state index contributed by atoms with van der Waals surface area (Å²) in [6.45, 7) is 0.0182. The lowest BCUT2D eigenvalue weighted by atomic mass is 9.88. The number of rotatable bonds is 5. The molecule has 2 N–H and O–H groups in total. The van der Waals surface area contributed by atoms with Gasteiger partial charge in [-0.1, -0.05) is 54.6 Å². The summed E-state index contributed by atoms with van der Waals surface area (Å²) < 4.78 is 0. The van der Waals surface area contributed by atoms with E-state index in [0.717, 1.165) is 24.8 Å². The minimum atomic E-state index is -0.141. The van der Waals surface area contributed by atoms with E-state index in [0.29, 0.717) is 6.42 Å². The number of fused-ring (bicyclic) bond motifs is 1. The van der Waals surface area contributed by atoms with Crippen LogP contribution in [-0.4, -0.2) is 18.4 Å². The van der Waals surface area contributed by atoms with Gasteiger partial charge in [-0.05, 0) is 36.0 Å². The van der Waals surface area contributed by atoms with Gasteiger partial charge in [-0.3, -0.25) is 9.59 Å². The monoisotopic (exact) mass is 322 g/mol. The van der Waals surface area contributed by atoms with E-state index in [9.17, 15) is 9.59 Å². The molecule has 124 valence electrons. The zero-order valence-corrected chi connectivity index (χ0v) is 13.6. The number of hydrogen-bond acceptors (Lipinski definition) is 2. The number of aryl methyl sites for hydroxylation is 1. The van der Waals surface area contributed by atoms with Crippen molar-refractivity contribution in [2.24, 2.45) is 0 Å². The van der Waals surface area contributed by atoms with Crippen molar-refractivity contribution in [2.45, 2.75) is 31.7 Å². The summed E-state index contributed by atoms with van der Waals surface area (Å²) in [6.07, 6.45) is 3.37. The average Bonchev–Trinajstić information content (AvgIpc) is 2.61. The summed E-state index contributed by atoms with van der Waals surface area (Å²) >= 11 is 0. The molecule has 0 fully saturated rings. The zero-order valence-electron chi connectivity index (χ0n) is 13.6. The second-order valence-corrected chi connectivity index (χ2v) is 6.15. The van der Waals surface area contributed by atoms with Crippen LogP contribution in [-0.2, 0) is 22.4 Å². The van der Waals surface area contributed by atoms with Crippen LogP contribution in [0.15, 0.2) is 54.6 Å². The molecule has 0 radical (unpaired) electrons. The van der Waals surface area contributed by atoms with Crippen LogP contribution < -0.4 is 10.6 Å². The fourth-order valence-corrected chi connectivity index (χ4v) is 3.17. The molecule has 1 aliphatic rings. The highest BCUT2D eigenvalue weighted by Crippen LogP contribution is 2.29. The number of hydrogen-bond donors (Lipinski definition) is 2. The van der Waals surface area contributed by atoms with Gasteiger partial charge in [0.05, 0.1) is 19.0 Å². The molecule has 0 aliphatic heterocycles. The van der Waals surface area contributed by atoms with Crippen LogP contribution in [0, 0.1) is 0 Å². The number of nitrogens with one attached hydrogen (secondary N) is 2. The maximum Gasteiger partial charge on any atom is 0.239 e. The summed E-state index contributed by atoms with van der Waals surface area (Å²) in [6, 6.07) is 17.8. The predicted molar refractivity (Wildman–Crippen MR) is 93.4 cm³/mol. The predicted octanol–water partition coefficient (Wildman–Crippen LogP) is 2.54. The largest absolute Gasteiger partial charge is 0.348 e. The summed E-state index contributed by atoms with van der Waals surface area (Å²) in [7, 11) is 0. The Labute approximate surface area is 142 Å². The first-order valence-corrected chi connectivity index (χ1v) is 8.40.